The summed E-state index contributed by atoms with van der Waals surface area (Å²) in [6.07, 6.45) is 1.44. The molecule has 0 aliphatic rings. The lowest BCUT2D eigenvalue weighted by atomic mass is 10.1. The second-order valence-corrected chi connectivity index (χ2v) is 5.17. The Morgan fingerprint density at radius 2 is 2.20 bits per heavy atom. The van der Waals surface area contributed by atoms with Gasteiger partial charge in [-0.3, -0.25) is 0 Å². The Balaban J connectivity index is 2.37. The molecule has 106 valence electrons. The van der Waals surface area contributed by atoms with Gasteiger partial charge in [-0.05, 0) is 18.9 Å². The van der Waals surface area contributed by atoms with E-state index in [1.165, 1.54) is 0 Å². The Bertz CT molecular complexity index is 635. The lowest BCUT2D eigenvalue weighted by Crippen LogP contribution is -2.03. The highest BCUT2D eigenvalue weighted by atomic mass is 35.5. The van der Waals surface area contributed by atoms with Crippen molar-refractivity contribution in [3.8, 4) is 0 Å². The molecule has 0 fully saturated rings. The van der Waals surface area contributed by atoms with Crippen LogP contribution in [0.1, 0.15) is 40.5 Å². The van der Waals surface area contributed by atoms with Gasteiger partial charge in [0.05, 0.1) is 12.2 Å². The van der Waals surface area contributed by atoms with E-state index in [9.17, 15) is 9.90 Å². The van der Waals surface area contributed by atoms with Gasteiger partial charge in [0.25, 0.3) is 0 Å². The van der Waals surface area contributed by atoms with Crippen molar-refractivity contribution in [2.45, 2.75) is 33.2 Å². The van der Waals surface area contributed by atoms with E-state index < -0.39 is 5.97 Å². The van der Waals surface area contributed by atoms with Crippen LogP contribution in [-0.2, 0) is 13.0 Å². The highest BCUT2D eigenvalue weighted by Gasteiger charge is 2.21. The number of hydrogen-bond acceptors (Lipinski definition) is 2. The number of carbonyl (C=O) groups is 1. The van der Waals surface area contributed by atoms with E-state index in [1.54, 1.807) is 4.68 Å². The fraction of sp³-hybridized carbons (Fsp3) is 0.333. The second kappa shape index (κ2) is 6.09. The highest BCUT2D eigenvalue weighted by molar-refractivity contribution is 6.32. The van der Waals surface area contributed by atoms with Crippen molar-refractivity contribution in [2.75, 3.05) is 0 Å². The number of carboxylic acid groups (broad SMARTS) is 1. The summed E-state index contributed by atoms with van der Waals surface area (Å²) in [5, 5.41) is 13.8. The normalized spacial score (nSPS) is 10.8. The van der Waals surface area contributed by atoms with Crippen LogP contribution >= 0.6 is 11.6 Å². The van der Waals surface area contributed by atoms with E-state index in [4.69, 9.17) is 11.6 Å². The number of aromatic nitrogens is 2. The molecule has 0 saturated carbocycles. The maximum absolute atomic E-state index is 11.3. The summed E-state index contributed by atoms with van der Waals surface area (Å²) in [7, 11) is 0. The average molecular weight is 293 g/mol. The molecule has 0 saturated heterocycles. The van der Waals surface area contributed by atoms with Crippen LogP contribution in [0, 0.1) is 6.92 Å². The van der Waals surface area contributed by atoms with Gasteiger partial charge < -0.3 is 5.11 Å². The lowest BCUT2D eigenvalue weighted by Gasteiger charge is -2.04. The van der Waals surface area contributed by atoms with Crippen molar-refractivity contribution in [2.24, 2.45) is 0 Å². The molecule has 1 aromatic heterocycles. The van der Waals surface area contributed by atoms with Gasteiger partial charge in [-0.15, -0.1) is 0 Å². The molecule has 0 radical (unpaired) electrons. The molecule has 2 rings (SSSR count). The van der Waals surface area contributed by atoms with Gasteiger partial charge in [0.2, 0.25) is 0 Å². The average Bonchev–Trinajstić information content (AvgIpc) is 2.66. The quantitative estimate of drug-likeness (QED) is 0.917. The number of halogens is 1. The number of nitrogens with zero attached hydrogens (tertiary/aromatic N) is 2. The number of hydrogen-bond donors (Lipinski definition) is 1. The largest absolute Gasteiger partial charge is 0.478 e. The molecule has 0 aliphatic carbocycles. The monoisotopic (exact) mass is 292 g/mol. The van der Waals surface area contributed by atoms with Gasteiger partial charge in [-0.1, -0.05) is 54.8 Å². The second-order valence-electron chi connectivity index (χ2n) is 4.81. The molecule has 5 heteroatoms. The Morgan fingerprint density at radius 3 is 2.80 bits per heavy atom. The van der Waals surface area contributed by atoms with E-state index in [0.29, 0.717) is 18.7 Å². The zero-order valence-corrected chi connectivity index (χ0v) is 12.3. The third kappa shape index (κ3) is 3.02. The molecule has 2 aromatic rings. The number of benzene rings is 1. The van der Waals surface area contributed by atoms with Crippen LogP contribution in [0.4, 0.5) is 0 Å². The first-order valence-corrected chi connectivity index (χ1v) is 6.94. The molecule has 0 atom stereocenters. The summed E-state index contributed by atoms with van der Waals surface area (Å²) in [6.45, 7) is 4.48. The molecule has 0 amide bonds. The predicted molar refractivity (Wildman–Crippen MR) is 78.5 cm³/mol. The Kier molecular flexibility index (Phi) is 4.45. The summed E-state index contributed by atoms with van der Waals surface area (Å²) in [6, 6.07) is 8.00. The number of rotatable bonds is 5. The van der Waals surface area contributed by atoms with Crippen LogP contribution in [-0.4, -0.2) is 20.9 Å². The lowest BCUT2D eigenvalue weighted by molar-refractivity contribution is 0.0696. The zero-order chi connectivity index (χ0) is 14.7. The first kappa shape index (κ1) is 14.6. The first-order valence-electron chi connectivity index (χ1n) is 6.57. The smallest absolute Gasteiger partial charge is 0.340 e. The third-order valence-electron chi connectivity index (χ3n) is 3.08. The van der Waals surface area contributed by atoms with Crippen LogP contribution in [0.3, 0.4) is 0 Å². The minimum atomic E-state index is -1.02. The zero-order valence-electron chi connectivity index (χ0n) is 11.6. The SMILES string of the molecule is CCCc1nn(Cc2cccc(C)c2)c(Cl)c1C(=O)O. The molecule has 0 unspecified atom stereocenters. The van der Waals surface area contributed by atoms with E-state index >= 15 is 0 Å². The Labute approximate surface area is 123 Å². The molecular weight excluding hydrogens is 276 g/mol. The fourth-order valence-corrected chi connectivity index (χ4v) is 2.49. The van der Waals surface area contributed by atoms with Crippen molar-refractivity contribution in [1.29, 1.82) is 0 Å². The van der Waals surface area contributed by atoms with Crippen molar-refractivity contribution < 1.29 is 9.90 Å². The molecule has 4 nitrogen and oxygen atoms in total. The molecule has 20 heavy (non-hydrogen) atoms. The minimum absolute atomic E-state index is 0.126. The number of aromatic carboxylic acids is 1. The summed E-state index contributed by atoms with van der Waals surface area (Å²) in [5.41, 5.74) is 2.88. The standard InChI is InChI=1S/C15H17ClN2O2/c1-3-5-12-13(15(19)20)14(16)18(17-12)9-11-7-4-6-10(2)8-11/h4,6-8H,3,5,9H2,1-2H3,(H,19,20). The van der Waals surface area contributed by atoms with Crippen LogP contribution in [0.5, 0.6) is 0 Å². The molecule has 1 aromatic carbocycles. The number of carboxylic acids is 1. The van der Waals surface area contributed by atoms with Gasteiger partial charge in [0, 0.05) is 0 Å². The molecule has 1 N–H and O–H groups in total. The molecule has 0 spiro atoms. The van der Waals surface area contributed by atoms with E-state index in [2.05, 4.69) is 5.10 Å². The summed E-state index contributed by atoms with van der Waals surface area (Å²) in [5.74, 6) is -1.02. The summed E-state index contributed by atoms with van der Waals surface area (Å²) in [4.78, 5) is 11.3. The molecule has 0 bridgehead atoms. The third-order valence-corrected chi connectivity index (χ3v) is 3.46. The first-order chi connectivity index (χ1) is 9.52. The van der Waals surface area contributed by atoms with Crippen molar-refractivity contribution in [1.82, 2.24) is 9.78 Å². The van der Waals surface area contributed by atoms with Crippen molar-refractivity contribution in [3.63, 3.8) is 0 Å². The van der Waals surface area contributed by atoms with Gasteiger partial charge in [0.1, 0.15) is 10.7 Å². The van der Waals surface area contributed by atoms with E-state index in [-0.39, 0.29) is 10.7 Å². The van der Waals surface area contributed by atoms with Crippen LogP contribution < -0.4 is 0 Å². The molecule has 1 heterocycles. The van der Waals surface area contributed by atoms with E-state index in [0.717, 1.165) is 17.5 Å². The molecule has 0 aliphatic heterocycles. The van der Waals surface area contributed by atoms with E-state index in [1.807, 2.05) is 38.1 Å². The van der Waals surface area contributed by atoms with Crippen LogP contribution in [0.2, 0.25) is 5.15 Å². The maximum atomic E-state index is 11.3. The van der Waals surface area contributed by atoms with Gasteiger partial charge >= 0.3 is 5.97 Å². The Hall–Kier alpha value is -1.81. The van der Waals surface area contributed by atoms with Gasteiger partial charge in [0.15, 0.2) is 0 Å². The van der Waals surface area contributed by atoms with Crippen molar-refractivity contribution in [3.05, 3.63) is 51.8 Å². The predicted octanol–water partition coefficient (Wildman–Crippen LogP) is 3.54. The van der Waals surface area contributed by atoms with Gasteiger partial charge in [-0.2, -0.15) is 5.10 Å². The van der Waals surface area contributed by atoms with Crippen molar-refractivity contribution >= 4 is 17.6 Å². The highest BCUT2D eigenvalue weighted by Crippen LogP contribution is 2.22. The fourth-order valence-electron chi connectivity index (χ4n) is 2.20. The maximum Gasteiger partial charge on any atom is 0.340 e. The van der Waals surface area contributed by atoms with Gasteiger partial charge in [-0.25, -0.2) is 9.48 Å². The Morgan fingerprint density at radius 1 is 1.45 bits per heavy atom. The summed E-state index contributed by atoms with van der Waals surface area (Å²) >= 11 is 6.17. The minimum Gasteiger partial charge on any atom is -0.478 e. The summed E-state index contributed by atoms with van der Waals surface area (Å²) < 4.78 is 1.56. The topological polar surface area (TPSA) is 55.1 Å². The number of aryl methyl sites for hydroxylation is 2. The molecular formula is C15H17ClN2O2. The van der Waals surface area contributed by atoms with Crippen LogP contribution in [0.15, 0.2) is 24.3 Å². The van der Waals surface area contributed by atoms with Crippen LogP contribution in [0.25, 0.3) is 0 Å².